The molecule has 0 heterocycles. The van der Waals surface area contributed by atoms with Crippen molar-refractivity contribution in [2.24, 2.45) is 5.92 Å². The van der Waals surface area contributed by atoms with Crippen LogP contribution in [0, 0.1) is 23.4 Å². The summed E-state index contributed by atoms with van der Waals surface area (Å²) in [6, 6.07) is 9.99. The second-order valence-corrected chi connectivity index (χ2v) is 7.94. The molecule has 4 heteroatoms. The van der Waals surface area contributed by atoms with Gasteiger partial charge in [-0.1, -0.05) is 56.9 Å². The van der Waals surface area contributed by atoms with E-state index in [0.29, 0.717) is 5.92 Å². The largest absolute Gasteiger partial charge is 0.489 e. The first-order chi connectivity index (χ1) is 13.6. The molecule has 0 unspecified atom stereocenters. The van der Waals surface area contributed by atoms with Gasteiger partial charge in [-0.2, -0.15) is 0 Å². The zero-order valence-electron chi connectivity index (χ0n) is 16.5. The van der Waals surface area contributed by atoms with Crippen molar-refractivity contribution < 1.29 is 17.9 Å². The minimum Gasteiger partial charge on any atom is -0.489 e. The van der Waals surface area contributed by atoms with Gasteiger partial charge >= 0.3 is 0 Å². The fourth-order valence-electron chi connectivity index (χ4n) is 4.14. The van der Waals surface area contributed by atoms with Gasteiger partial charge in [0.1, 0.15) is 12.4 Å². The molecule has 0 amide bonds. The molecule has 3 rings (SSSR count). The van der Waals surface area contributed by atoms with Crippen LogP contribution in [0.15, 0.2) is 36.4 Å². The third-order valence-electron chi connectivity index (χ3n) is 5.88. The van der Waals surface area contributed by atoms with Gasteiger partial charge in [-0.3, -0.25) is 0 Å². The van der Waals surface area contributed by atoms with Crippen molar-refractivity contribution in [1.29, 1.82) is 0 Å². The van der Waals surface area contributed by atoms with Gasteiger partial charge in [0.15, 0.2) is 17.5 Å². The molecule has 1 fully saturated rings. The molecular weight excluding hydrogens is 361 g/mol. The van der Waals surface area contributed by atoms with E-state index in [1.165, 1.54) is 56.9 Å². The molecule has 152 valence electrons. The van der Waals surface area contributed by atoms with Crippen LogP contribution in [0.3, 0.4) is 0 Å². The van der Waals surface area contributed by atoms with E-state index in [4.69, 9.17) is 4.74 Å². The van der Waals surface area contributed by atoms with E-state index in [-0.39, 0.29) is 12.4 Å². The van der Waals surface area contributed by atoms with Crippen LogP contribution in [0.4, 0.5) is 13.2 Å². The van der Waals surface area contributed by atoms with Crippen LogP contribution in [-0.4, -0.2) is 0 Å². The monoisotopic (exact) mass is 390 g/mol. The van der Waals surface area contributed by atoms with Gasteiger partial charge < -0.3 is 4.74 Å². The van der Waals surface area contributed by atoms with Crippen molar-refractivity contribution in [2.45, 2.75) is 70.8 Å². The van der Waals surface area contributed by atoms with E-state index in [2.05, 4.69) is 19.1 Å². The van der Waals surface area contributed by atoms with Gasteiger partial charge in [0.05, 0.1) is 0 Å². The summed E-state index contributed by atoms with van der Waals surface area (Å²) in [6.07, 6.45) is 10.5. The molecule has 0 bridgehead atoms. The predicted molar refractivity (Wildman–Crippen MR) is 106 cm³/mol. The molecular formula is C24H29F3O. The van der Waals surface area contributed by atoms with Gasteiger partial charge in [-0.05, 0) is 48.6 Å². The van der Waals surface area contributed by atoms with Crippen molar-refractivity contribution in [3.05, 3.63) is 65.0 Å². The van der Waals surface area contributed by atoms with Crippen molar-refractivity contribution in [2.75, 3.05) is 0 Å². The Hall–Kier alpha value is -1.97. The molecule has 1 saturated carbocycles. The van der Waals surface area contributed by atoms with Crippen LogP contribution in [-0.2, 0) is 6.61 Å². The molecule has 1 aliphatic carbocycles. The van der Waals surface area contributed by atoms with Crippen LogP contribution < -0.4 is 4.74 Å². The van der Waals surface area contributed by atoms with E-state index in [0.717, 1.165) is 23.6 Å². The highest BCUT2D eigenvalue weighted by Gasteiger charge is 2.22. The molecule has 0 aliphatic heterocycles. The average molecular weight is 390 g/mol. The van der Waals surface area contributed by atoms with E-state index in [9.17, 15) is 13.2 Å². The summed E-state index contributed by atoms with van der Waals surface area (Å²) in [5.41, 5.74) is 2.27. The zero-order chi connectivity index (χ0) is 19.9. The van der Waals surface area contributed by atoms with E-state index < -0.39 is 17.5 Å². The fraction of sp³-hybridized carbons (Fsp3) is 0.500. The van der Waals surface area contributed by atoms with Gasteiger partial charge in [-0.25, -0.2) is 13.2 Å². The zero-order valence-corrected chi connectivity index (χ0v) is 16.5. The Labute approximate surface area is 165 Å². The minimum atomic E-state index is -1.48. The number of ether oxygens (including phenoxy) is 1. The van der Waals surface area contributed by atoms with Gasteiger partial charge in [0, 0.05) is 12.1 Å². The lowest BCUT2D eigenvalue weighted by Gasteiger charge is -2.29. The quantitative estimate of drug-likeness (QED) is 0.334. The molecule has 0 radical (unpaired) electrons. The lowest BCUT2D eigenvalue weighted by molar-refractivity contribution is 0.298. The van der Waals surface area contributed by atoms with Crippen LogP contribution in [0.1, 0.15) is 75.3 Å². The predicted octanol–water partition coefficient (Wildman–Crippen LogP) is 7.54. The Bertz CT molecular complexity index is 726. The molecule has 0 aromatic heterocycles. The fourth-order valence-corrected chi connectivity index (χ4v) is 4.14. The maximum absolute atomic E-state index is 13.2. The van der Waals surface area contributed by atoms with Crippen molar-refractivity contribution >= 4 is 0 Å². The second kappa shape index (κ2) is 9.99. The number of rotatable bonds is 8. The first-order valence-electron chi connectivity index (χ1n) is 10.4. The standard InChI is InChI=1S/C24H29F3O/c1-2-3-4-5-17-6-10-19(11-7-17)20-12-8-18(9-13-20)16-28-21-14-22(25)24(27)23(26)15-21/h8-9,12-15,17,19H,2-7,10-11,16H2,1H3. The third-order valence-corrected chi connectivity index (χ3v) is 5.88. The summed E-state index contributed by atoms with van der Waals surface area (Å²) in [7, 11) is 0. The van der Waals surface area contributed by atoms with Crippen LogP contribution in [0.5, 0.6) is 5.75 Å². The Balaban J connectivity index is 1.49. The SMILES string of the molecule is CCCCCC1CCC(c2ccc(COc3cc(F)c(F)c(F)c3)cc2)CC1. The third kappa shape index (κ3) is 5.52. The highest BCUT2D eigenvalue weighted by Crippen LogP contribution is 2.37. The molecule has 0 N–H and O–H groups in total. The van der Waals surface area contributed by atoms with Gasteiger partial charge in [0.2, 0.25) is 0 Å². The molecule has 0 atom stereocenters. The number of unbranched alkanes of at least 4 members (excludes halogenated alkanes) is 2. The summed E-state index contributed by atoms with van der Waals surface area (Å²) >= 11 is 0. The maximum Gasteiger partial charge on any atom is 0.194 e. The van der Waals surface area contributed by atoms with Crippen molar-refractivity contribution in [3.8, 4) is 5.75 Å². The Kier molecular flexibility index (Phi) is 7.41. The molecule has 28 heavy (non-hydrogen) atoms. The molecule has 2 aromatic carbocycles. The van der Waals surface area contributed by atoms with Crippen molar-refractivity contribution in [1.82, 2.24) is 0 Å². The summed E-state index contributed by atoms with van der Waals surface area (Å²) in [5.74, 6) is -2.45. The highest BCUT2D eigenvalue weighted by molar-refractivity contribution is 5.28. The Morgan fingerprint density at radius 2 is 1.54 bits per heavy atom. The molecule has 1 aliphatic rings. The first-order valence-corrected chi connectivity index (χ1v) is 10.4. The Morgan fingerprint density at radius 3 is 2.14 bits per heavy atom. The minimum absolute atomic E-state index is 0.0122. The molecule has 0 saturated heterocycles. The lowest BCUT2D eigenvalue weighted by atomic mass is 9.77. The van der Waals surface area contributed by atoms with Crippen LogP contribution >= 0.6 is 0 Å². The summed E-state index contributed by atoms with van der Waals surface area (Å²) in [5, 5.41) is 0. The van der Waals surface area contributed by atoms with Crippen LogP contribution in [0.25, 0.3) is 0 Å². The molecule has 2 aromatic rings. The summed E-state index contributed by atoms with van der Waals surface area (Å²) in [4.78, 5) is 0. The summed E-state index contributed by atoms with van der Waals surface area (Å²) < 4.78 is 44.9. The van der Waals surface area contributed by atoms with Crippen LogP contribution in [0.2, 0.25) is 0 Å². The number of hydrogen-bond acceptors (Lipinski definition) is 1. The number of halogens is 3. The lowest BCUT2D eigenvalue weighted by Crippen LogP contribution is -2.13. The average Bonchev–Trinajstić information content (AvgIpc) is 2.71. The van der Waals surface area contributed by atoms with Gasteiger partial charge in [0.25, 0.3) is 0 Å². The molecule has 1 nitrogen and oxygen atoms in total. The number of benzene rings is 2. The van der Waals surface area contributed by atoms with Crippen molar-refractivity contribution in [3.63, 3.8) is 0 Å². The molecule has 0 spiro atoms. The van der Waals surface area contributed by atoms with E-state index in [1.807, 2.05) is 12.1 Å². The van der Waals surface area contributed by atoms with E-state index >= 15 is 0 Å². The highest BCUT2D eigenvalue weighted by atomic mass is 19.2. The Morgan fingerprint density at radius 1 is 0.893 bits per heavy atom. The second-order valence-electron chi connectivity index (χ2n) is 7.94. The normalized spacial score (nSPS) is 19.6. The first kappa shape index (κ1) is 20.8. The maximum atomic E-state index is 13.2. The van der Waals surface area contributed by atoms with Gasteiger partial charge in [-0.15, -0.1) is 0 Å². The number of hydrogen-bond donors (Lipinski definition) is 0. The smallest absolute Gasteiger partial charge is 0.194 e. The summed E-state index contributed by atoms with van der Waals surface area (Å²) in [6.45, 7) is 2.44. The van der Waals surface area contributed by atoms with E-state index in [1.54, 1.807) is 0 Å². The topological polar surface area (TPSA) is 9.23 Å².